The van der Waals surface area contributed by atoms with Gasteiger partial charge in [-0.15, -0.1) is 0 Å². The van der Waals surface area contributed by atoms with Crippen LogP contribution in [0.15, 0.2) is 0 Å². The maximum absolute atomic E-state index is 13.3. The van der Waals surface area contributed by atoms with Gasteiger partial charge in [0.05, 0.1) is 6.04 Å². The van der Waals surface area contributed by atoms with Crippen molar-refractivity contribution in [3.05, 3.63) is 0 Å². The largest absolute Gasteiger partial charge is 0.341 e. The van der Waals surface area contributed by atoms with E-state index in [1.54, 1.807) is 0 Å². The van der Waals surface area contributed by atoms with Gasteiger partial charge in [-0.05, 0) is 51.0 Å². The minimum absolute atomic E-state index is 0.0663. The van der Waals surface area contributed by atoms with Crippen molar-refractivity contribution in [3.63, 3.8) is 0 Å². The molecule has 4 rings (SSSR count). The van der Waals surface area contributed by atoms with E-state index in [1.807, 2.05) is 4.90 Å². The Labute approximate surface area is 167 Å². The first-order chi connectivity index (χ1) is 13.5. The number of carbonyl (C=O) groups is 3. The number of piperidine rings is 2. The van der Waals surface area contributed by atoms with Crippen molar-refractivity contribution in [2.45, 2.75) is 76.3 Å². The molecule has 1 spiro atoms. The predicted octanol–water partition coefficient (Wildman–Crippen LogP) is 1.96. The maximum atomic E-state index is 13.3. The zero-order chi connectivity index (χ0) is 19.7. The molecule has 1 N–H and O–H groups in total. The van der Waals surface area contributed by atoms with E-state index in [0.717, 1.165) is 51.9 Å². The maximum Gasteiger partial charge on any atom is 0.325 e. The standard InChI is InChI=1S/C21H34N4O3/c1-2-23-12-9-21(10-13-23)19(27)25(20(28)22-21)17-8-5-11-24(15-17)18(26)14-16-6-3-4-7-16/h16-17H,2-15H2,1H3,(H,22,28)/t17-/m0/s1. The second-order valence-corrected chi connectivity index (χ2v) is 9.11. The molecule has 0 aromatic rings. The van der Waals surface area contributed by atoms with Crippen LogP contribution in [0.5, 0.6) is 0 Å². The summed E-state index contributed by atoms with van der Waals surface area (Å²) in [4.78, 5) is 44.4. The molecule has 7 heteroatoms. The van der Waals surface area contributed by atoms with Gasteiger partial charge in [-0.1, -0.05) is 19.8 Å². The molecule has 7 nitrogen and oxygen atoms in total. The van der Waals surface area contributed by atoms with E-state index in [9.17, 15) is 14.4 Å². The molecule has 3 aliphatic heterocycles. The van der Waals surface area contributed by atoms with Gasteiger partial charge in [-0.25, -0.2) is 4.79 Å². The monoisotopic (exact) mass is 390 g/mol. The number of likely N-dealkylation sites (tertiary alicyclic amines) is 2. The van der Waals surface area contributed by atoms with Gasteiger partial charge in [-0.3, -0.25) is 14.5 Å². The van der Waals surface area contributed by atoms with Crippen LogP contribution in [0, 0.1) is 5.92 Å². The summed E-state index contributed by atoms with van der Waals surface area (Å²) in [5, 5.41) is 3.02. The SMILES string of the molecule is CCN1CCC2(CC1)NC(=O)N([C@H]1CCCN(C(=O)CC3CCCC3)C1)C2=O. The average Bonchev–Trinajstić information content (AvgIpc) is 3.29. The van der Waals surface area contributed by atoms with Crippen LogP contribution in [-0.4, -0.2) is 76.8 Å². The summed E-state index contributed by atoms with van der Waals surface area (Å²) in [6, 6.07) is -0.442. The molecule has 4 aliphatic rings. The van der Waals surface area contributed by atoms with Gasteiger partial charge in [0.25, 0.3) is 5.91 Å². The first-order valence-electron chi connectivity index (χ1n) is 11.2. The Bertz CT molecular complexity index is 623. The van der Waals surface area contributed by atoms with E-state index in [4.69, 9.17) is 0 Å². The third kappa shape index (κ3) is 3.65. The topological polar surface area (TPSA) is 73.0 Å². The van der Waals surface area contributed by atoms with Crippen LogP contribution < -0.4 is 5.32 Å². The zero-order valence-electron chi connectivity index (χ0n) is 17.1. The molecule has 1 aliphatic carbocycles. The van der Waals surface area contributed by atoms with Gasteiger partial charge in [-0.2, -0.15) is 0 Å². The van der Waals surface area contributed by atoms with Gasteiger partial charge >= 0.3 is 6.03 Å². The number of carbonyl (C=O) groups excluding carboxylic acids is 3. The van der Waals surface area contributed by atoms with Crippen LogP contribution in [0.3, 0.4) is 0 Å². The first-order valence-corrected chi connectivity index (χ1v) is 11.2. The van der Waals surface area contributed by atoms with Gasteiger partial charge in [0.15, 0.2) is 0 Å². The Morgan fingerprint density at radius 2 is 1.79 bits per heavy atom. The third-order valence-corrected chi connectivity index (χ3v) is 7.40. The Morgan fingerprint density at radius 1 is 1.07 bits per heavy atom. The van der Waals surface area contributed by atoms with Crippen LogP contribution >= 0.6 is 0 Å². The fraction of sp³-hybridized carbons (Fsp3) is 0.857. The number of nitrogens with zero attached hydrogens (tertiary/aromatic N) is 3. The number of urea groups is 1. The Kier molecular flexibility index (Phi) is 5.63. The number of hydrogen-bond donors (Lipinski definition) is 1. The molecule has 0 radical (unpaired) electrons. The van der Waals surface area contributed by atoms with Gasteiger partial charge in [0.2, 0.25) is 5.91 Å². The average molecular weight is 391 g/mol. The molecule has 156 valence electrons. The zero-order valence-corrected chi connectivity index (χ0v) is 17.1. The summed E-state index contributed by atoms with van der Waals surface area (Å²) in [6.07, 6.45) is 8.43. The first kappa shape index (κ1) is 19.7. The summed E-state index contributed by atoms with van der Waals surface area (Å²) >= 11 is 0. The number of hydrogen-bond acceptors (Lipinski definition) is 4. The molecule has 4 fully saturated rings. The molecule has 1 atom stereocenters. The second kappa shape index (κ2) is 8.01. The number of amides is 4. The molecule has 3 saturated heterocycles. The summed E-state index contributed by atoms with van der Waals surface area (Å²) in [5.74, 6) is 0.662. The summed E-state index contributed by atoms with van der Waals surface area (Å²) in [7, 11) is 0. The normalized spacial score (nSPS) is 29.0. The fourth-order valence-electron chi connectivity index (χ4n) is 5.55. The van der Waals surface area contributed by atoms with E-state index in [1.165, 1.54) is 17.7 Å². The van der Waals surface area contributed by atoms with Crippen molar-refractivity contribution in [1.82, 2.24) is 20.0 Å². The lowest BCUT2D eigenvalue weighted by Crippen LogP contribution is -2.56. The van der Waals surface area contributed by atoms with Crippen LogP contribution in [-0.2, 0) is 9.59 Å². The predicted molar refractivity (Wildman–Crippen MR) is 106 cm³/mol. The smallest absolute Gasteiger partial charge is 0.325 e. The van der Waals surface area contributed by atoms with Crippen LogP contribution in [0.25, 0.3) is 0 Å². The van der Waals surface area contributed by atoms with Crippen molar-refractivity contribution in [2.75, 3.05) is 32.7 Å². The third-order valence-electron chi connectivity index (χ3n) is 7.40. The highest BCUT2D eigenvalue weighted by Crippen LogP contribution is 2.33. The lowest BCUT2D eigenvalue weighted by atomic mass is 9.87. The number of rotatable bonds is 4. The van der Waals surface area contributed by atoms with Gasteiger partial charge in [0.1, 0.15) is 5.54 Å². The summed E-state index contributed by atoms with van der Waals surface area (Å²) in [5.41, 5.74) is -0.723. The van der Waals surface area contributed by atoms with Crippen molar-refractivity contribution >= 4 is 17.8 Å². The molecule has 4 amide bonds. The molecular weight excluding hydrogens is 356 g/mol. The van der Waals surface area contributed by atoms with E-state index >= 15 is 0 Å². The molecule has 0 unspecified atom stereocenters. The molecule has 28 heavy (non-hydrogen) atoms. The van der Waals surface area contributed by atoms with Crippen molar-refractivity contribution in [1.29, 1.82) is 0 Å². The van der Waals surface area contributed by atoms with Crippen molar-refractivity contribution < 1.29 is 14.4 Å². The van der Waals surface area contributed by atoms with Crippen LogP contribution in [0.4, 0.5) is 4.79 Å². The minimum Gasteiger partial charge on any atom is -0.341 e. The van der Waals surface area contributed by atoms with E-state index in [0.29, 0.717) is 31.7 Å². The van der Waals surface area contributed by atoms with Gasteiger partial charge in [0, 0.05) is 32.6 Å². The molecule has 3 heterocycles. The highest BCUT2D eigenvalue weighted by molar-refractivity contribution is 6.07. The molecule has 0 bridgehead atoms. The molecule has 0 aromatic carbocycles. The van der Waals surface area contributed by atoms with Crippen LogP contribution in [0.2, 0.25) is 0 Å². The lowest BCUT2D eigenvalue weighted by molar-refractivity contribution is -0.139. The Hall–Kier alpha value is -1.63. The Balaban J connectivity index is 1.39. The summed E-state index contributed by atoms with van der Waals surface area (Å²) < 4.78 is 0. The van der Waals surface area contributed by atoms with E-state index in [2.05, 4.69) is 17.1 Å². The highest BCUT2D eigenvalue weighted by atomic mass is 16.2. The van der Waals surface area contributed by atoms with Gasteiger partial charge < -0.3 is 15.1 Å². The molecule has 0 aromatic heterocycles. The molecular formula is C21H34N4O3. The highest BCUT2D eigenvalue weighted by Gasteiger charge is 2.54. The lowest BCUT2D eigenvalue weighted by Gasteiger charge is -2.39. The number of nitrogens with one attached hydrogen (secondary N) is 1. The minimum atomic E-state index is -0.723. The van der Waals surface area contributed by atoms with Crippen LogP contribution in [0.1, 0.15) is 64.7 Å². The van der Waals surface area contributed by atoms with E-state index < -0.39 is 5.54 Å². The number of imide groups is 1. The van der Waals surface area contributed by atoms with Crippen molar-refractivity contribution in [2.24, 2.45) is 5.92 Å². The molecule has 1 saturated carbocycles. The summed E-state index contributed by atoms with van der Waals surface area (Å²) in [6.45, 7) is 6.03. The van der Waals surface area contributed by atoms with Crippen molar-refractivity contribution in [3.8, 4) is 0 Å². The quantitative estimate of drug-likeness (QED) is 0.745. The fourth-order valence-corrected chi connectivity index (χ4v) is 5.55. The Morgan fingerprint density at radius 3 is 2.46 bits per heavy atom. The second-order valence-electron chi connectivity index (χ2n) is 9.11. The van der Waals surface area contributed by atoms with E-state index in [-0.39, 0.29) is 23.9 Å².